The van der Waals surface area contributed by atoms with E-state index in [-0.39, 0.29) is 15.0 Å². The van der Waals surface area contributed by atoms with Crippen molar-refractivity contribution in [3.8, 4) is 0 Å². The lowest BCUT2D eigenvalue weighted by molar-refractivity contribution is 0.0923. The first-order chi connectivity index (χ1) is 2.81. The van der Waals surface area contributed by atoms with Crippen LogP contribution in [-0.2, 0) is 0 Å². The third kappa shape index (κ3) is 5.98. The molecule has 0 aliphatic rings. The van der Waals surface area contributed by atoms with E-state index in [0.717, 1.165) is 0 Å². The van der Waals surface area contributed by atoms with E-state index in [4.69, 9.17) is 10.2 Å². The molecular weight excluding hydrogens is 90.9 g/mol. The lowest BCUT2D eigenvalue weighted by atomic mass is 10.3. The van der Waals surface area contributed by atoms with Crippen LogP contribution in [0.3, 0.4) is 0 Å². The molecule has 0 aromatic heterocycles. The Morgan fingerprint density at radius 2 is 2.00 bits per heavy atom. The second-order valence-corrected chi connectivity index (χ2v) is 1.24. The Balaban J connectivity index is 0. The molecule has 0 spiro atoms. The molecule has 1 unspecified atom stereocenters. The van der Waals surface area contributed by atoms with Gasteiger partial charge in [0.2, 0.25) is 0 Å². The van der Waals surface area contributed by atoms with Gasteiger partial charge in [-0.1, -0.05) is 6.92 Å². The molecule has 7 heavy (non-hydrogen) atoms. The third-order valence-corrected chi connectivity index (χ3v) is 0.682. The number of aliphatic hydroxyl groups is 2. The minimum Gasteiger partial charge on any atom is -0.394 e. The summed E-state index contributed by atoms with van der Waals surface area (Å²) in [7, 11) is 0. The first-order valence-corrected chi connectivity index (χ1v) is 2.10. The highest BCUT2D eigenvalue weighted by Crippen LogP contribution is 1.83. The summed E-state index contributed by atoms with van der Waals surface area (Å²) in [5.74, 6) is 0. The summed E-state index contributed by atoms with van der Waals surface area (Å²) < 4.78 is 0. The van der Waals surface area contributed by atoms with Crippen molar-refractivity contribution in [2.75, 3.05) is 6.61 Å². The van der Waals surface area contributed by atoms with Crippen LogP contribution in [-0.4, -0.2) is 31.3 Å². The summed E-state index contributed by atoms with van der Waals surface area (Å²) in [6, 6.07) is 0. The second-order valence-electron chi connectivity index (χ2n) is 1.24. The first-order valence-electron chi connectivity index (χ1n) is 2.10. The Bertz CT molecular complexity index is 28.9. The Morgan fingerprint density at radius 3 is 2.00 bits per heavy atom. The largest absolute Gasteiger partial charge is 0.394 e. The van der Waals surface area contributed by atoms with Crippen LogP contribution in [0.5, 0.6) is 0 Å². The van der Waals surface area contributed by atoms with Crippen LogP contribution in [0.25, 0.3) is 0 Å². The van der Waals surface area contributed by atoms with E-state index in [1.165, 1.54) is 0 Å². The van der Waals surface area contributed by atoms with Crippen molar-refractivity contribution in [2.45, 2.75) is 19.4 Å². The van der Waals surface area contributed by atoms with Crippen molar-refractivity contribution in [3.05, 3.63) is 0 Å². The van der Waals surface area contributed by atoms with Crippen LogP contribution in [0.1, 0.15) is 13.3 Å². The second kappa shape index (κ2) is 5.98. The predicted molar refractivity (Wildman–Crippen MR) is 29.1 cm³/mol. The minimum absolute atomic E-state index is 0. The fourth-order valence-electron chi connectivity index (χ4n) is 0.129. The summed E-state index contributed by atoms with van der Waals surface area (Å²) in [5.41, 5.74) is 0. The Labute approximate surface area is 45.7 Å². The van der Waals surface area contributed by atoms with Crippen molar-refractivity contribution in [1.82, 2.24) is 0 Å². The summed E-state index contributed by atoms with van der Waals surface area (Å²) in [6.07, 6.45) is 0.126. The molecule has 1 atom stereocenters. The number of hydrogen-bond acceptors (Lipinski definition) is 2. The van der Waals surface area contributed by atoms with Gasteiger partial charge in [0.25, 0.3) is 0 Å². The summed E-state index contributed by atoms with van der Waals surface area (Å²) in [6.45, 7) is 1.71. The average molecular weight is 101 g/mol. The molecule has 2 N–H and O–H groups in total. The van der Waals surface area contributed by atoms with Gasteiger partial charge < -0.3 is 10.2 Å². The van der Waals surface area contributed by atoms with E-state index in [0.29, 0.717) is 6.42 Å². The fourth-order valence-corrected chi connectivity index (χ4v) is 0.129. The van der Waals surface area contributed by atoms with Crippen LogP contribution in [0.4, 0.5) is 0 Å². The van der Waals surface area contributed by atoms with E-state index >= 15 is 0 Å². The predicted octanol–water partition coefficient (Wildman–Crippen LogP) is -0.631. The molecule has 0 fully saturated rings. The zero-order chi connectivity index (χ0) is 4.99. The maximum absolute atomic E-state index is 8.42. The van der Waals surface area contributed by atoms with E-state index in [1.54, 1.807) is 0 Å². The fraction of sp³-hybridized carbons (Fsp3) is 1.00. The lowest BCUT2D eigenvalue weighted by Crippen LogP contribution is -2.08. The minimum atomic E-state index is -0.509. The van der Waals surface area contributed by atoms with E-state index in [2.05, 4.69) is 0 Å². The van der Waals surface area contributed by atoms with Gasteiger partial charge in [0.05, 0.1) is 12.7 Å². The molecule has 2 nitrogen and oxygen atoms in total. The number of rotatable bonds is 2. The maximum Gasteiger partial charge on any atom is 0.0768 e. The molecule has 0 saturated heterocycles. The zero-order valence-corrected chi connectivity index (χ0v) is 4.46. The van der Waals surface area contributed by atoms with Crippen LogP contribution in [0.2, 0.25) is 0 Å². The average Bonchev–Trinajstić information content (AvgIpc) is 1.65. The summed E-state index contributed by atoms with van der Waals surface area (Å²) in [5, 5.41) is 16.5. The van der Waals surface area contributed by atoms with Gasteiger partial charge in [0.15, 0.2) is 0 Å². The number of aliphatic hydroxyl groups excluding tert-OH is 2. The Kier molecular flexibility index (Phi) is 8.61. The van der Waals surface area contributed by atoms with Crippen molar-refractivity contribution in [3.63, 3.8) is 0 Å². The molecular formula is C4H10BO2. The van der Waals surface area contributed by atoms with E-state index in [1.807, 2.05) is 6.92 Å². The van der Waals surface area contributed by atoms with Gasteiger partial charge >= 0.3 is 0 Å². The zero-order valence-electron chi connectivity index (χ0n) is 4.46. The molecule has 0 aromatic rings. The molecule has 0 bridgehead atoms. The molecule has 0 heterocycles. The quantitative estimate of drug-likeness (QED) is 0.454. The third-order valence-electron chi connectivity index (χ3n) is 0.682. The molecule has 3 heteroatoms. The molecule has 0 aliphatic carbocycles. The molecule has 3 radical (unpaired) electrons. The van der Waals surface area contributed by atoms with Crippen LogP contribution in [0.15, 0.2) is 0 Å². The monoisotopic (exact) mass is 101 g/mol. The van der Waals surface area contributed by atoms with Crippen molar-refractivity contribution in [2.24, 2.45) is 0 Å². The van der Waals surface area contributed by atoms with Crippen LogP contribution < -0.4 is 0 Å². The van der Waals surface area contributed by atoms with Crippen LogP contribution >= 0.6 is 0 Å². The van der Waals surface area contributed by atoms with Gasteiger partial charge in [-0.2, -0.15) is 0 Å². The van der Waals surface area contributed by atoms with E-state index < -0.39 is 6.10 Å². The van der Waals surface area contributed by atoms with Crippen molar-refractivity contribution in [1.29, 1.82) is 0 Å². The van der Waals surface area contributed by atoms with Gasteiger partial charge in [0, 0.05) is 8.41 Å². The lowest BCUT2D eigenvalue weighted by Gasteiger charge is -1.97. The number of hydrogen-bond donors (Lipinski definition) is 2. The highest BCUT2D eigenvalue weighted by Gasteiger charge is 1.92. The van der Waals surface area contributed by atoms with Crippen LogP contribution in [0, 0.1) is 0 Å². The van der Waals surface area contributed by atoms with Gasteiger partial charge in [-0.15, -0.1) is 0 Å². The highest BCUT2D eigenvalue weighted by molar-refractivity contribution is 5.75. The smallest absolute Gasteiger partial charge is 0.0768 e. The van der Waals surface area contributed by atoms with Crippen molar-refractivity contribution >= 4 is 8.41 Å². The molecule has 0 aromatic carbocycles. The standard InChI is InChI=1S/C4H10O2.B/c1-2-4(6)3-5;/h4-6H,2-3H2,1H3;. The van der Waals surface area contributed by atoms with Gasteiger partial charge in [-0.3, -0.25) is 0 Å². The first kappa shape index (κ1) is 10.1. The molecule has 0 amide bonds. The van der Waals surface area contributed by atoms with Gasteiger partial charge in [-0.25, -0.2) is 0 Å². The summed E-state index contributed by atoms with van der Waals surface area (Å²) in [4.78, 5) is 0. The van der Waals surface area contributed by atoms with Gasteiger partial charge in [0.1, 0.15) is 0 Å². The maximum atomic E-state index is 8.42. The Hall–Kier alpha value is -0.0151. The molecule has 41 valence electrons. The highest BCUT2D eigenvalue weighted by atomic mass is 16.3. The molecule has 0 saturated carbocycles. The topological polar surface area (TPSA) is 40.5 Å². The molecule has 0 aliphatic heterocycles. The van der Waals surface area contributed by atoms with Gasteiger partial charge in [-0.05, 0) is 6.42 Å². The van der Waals surface area contributed by atoms with Crippen molar-refractivity contribution < 1.29 is 10.2 Å². The SMILES string of the molecule is CCC(O)CO.[B]. The normalized spacial score (nSPS) is 12.4. The Morgan fingerprint density at radius 1 is 1.57 bits per heavy atom. The van der Waals surface area contributed by atoms with E-state index in [9.17, 15) is 0 Å². The molecule has 0 rings (SSSR count). The summed E-state index contributed by atoms with van der Waals surface area (Å²) >= 11 is 0.